The highest BCUT2D eigenvalue weighted by Gasteiger charge is 2.18. The zero-order valence-electron chi connectivity index (χ0n) is 16.0. The molecule has 0 fully saturated rings. The largest absolute Gasteiger partial charge is 0.496 e. The van der Waals surface area contributed by atoms with E-state index in [4.69, 9.17) is 4.74 Å². The van der Waals surface area contributed by atoms with Gasteiger partial charge in [-0.1, -0.05) is 32.0 Å². The van der Waals surface area contributed by atoms with E-state index in [1.165, 1.54) is 4.31 Å². The number of para-hydroxylation sites is 1. The molecular formula is C17H31IN4O3S. The Labute approximate surface area is 174 Å². The van der Waals surface area contributed by atoms with E-state index in [1.807, 2.05) is 45.0 Å². The maximum atomic E-state index is 12.2. The number of ether oxygens (including phenoxy) is 1. The molecule has 0 saturated carbocycles. The molecule has 0 saturated heterocycles. The Hall–Kier alpha value is -1.07. The van der Waals surface area contributed by atoms with Crippen LogP contribution in [0.1, 0.15) is 26.3 Å². The molecular weight excluding hydrogens is 467 g/mol. The number of hydrogen-bond acceptors (Lipinski definition) is 4. The van der Waals surface area contributed by atoms with Crippen molar-refractivity contribution in [3.63, 3.8) is 0 Å². The fraction of sp³-hybridized carbons (Fsp3) is 0.588. The van der Waals surface area contributed by atoms with Gasteiger partial charge in [0.15, 0.2) is 5.96 Å². The highest BCUT2D eigenvalue weighted by Crippen LogP contribution is 2.17. The van der Waals surface area contributed by atoms with Gasteiger partial charge < -0.3 is 15.4 Å². The summed E-state index contributed by atoms with van der Waals surface area (Å²) in [5, 5.41) is 6.20. The average molecular weight is 498 g/mol. The maximum absolute atomic E-state index is 12.2. The molecule has 7 nitrogen and oxygen atoms in total. The standard InChI is InChI=1S/C17H30N4O3S.HI/c1-5-18-17(19-12-13-25(22,23)21(6-2)7-3)20-14-15-10-8-9-11-16(15)24-4;/h8-11H,5-7,12-14H2,1-4H3,(H2,18,19,20);1H. The molecule has 1 aromatic carbocycles. The highest BCUT2D eigenvalue weighted by atomic mass is 127. The molecule has 0 heterocycles. The quantitative estimate of drug-likeness (QED) is 0.293. The van der Waals surface area contributed by atoms with Gasteiger partial charge >= 0.3 is 0 Å². The molecule has 2 N–H and O–H groups in total. The van der Waals surface area contributed by atoms with Crippen LogP contribution < -0.4 is 15.4 Å². The SMILES string of the molecule is CCNC(=NCc1ccccc1OC)NCCS(=O)(=O)N(CC)CC.I. The van der Waals surface area contributed by atoms with Crippen molar-refractivity contribution in [1.82, 2.24) is 14.9 Å². The van der Waals surface area contributed by atoms with E-state index in [9.17, 15) is 8.42 Å². The second-order valence-corrected chi connectivity index (χ2v) is 7.42. The molecule has 1 aromatic rings. The van der Waals surface area contributed by atoms with Crippen molar-refractivity contribution in [1.29, 1.82) is 0 Å². The number of benzene rings is 1. The zero-order valence-corrected chi connectivity index (χ0v) is 19.1. The summed E-state index contributed by atoms with van der Waals surface area (Å²) >= 11 is 0. The molecule has 1 rings (SSSR count). The first-order valence-electron chi connectivity index (χ1n) is 8.60. The number of nitrogens with one attached hydrogen (secondary N) is 2. The molecule has 0 atom stereocenters. The van der Waals surface area contributed by atoms with Crippen LogP contribution in [-0.2, 0) is 16.6 Å². The van der Waals surface area contributed by atoms with Gasteiger partial charge in [0.1, 0.15) is 5.75 Å². The third kappa shape index (κ3) is 8.09. The average Bonchev–Trinajstić information content (AvgIpc) is 2.60. The van der Waals surface area contributed by atoms with Crippen molar-refractivity contribution in [3.05, 3.63) is 29.8 Å². The Morgan fingerprint density at radius 1 is 1.15 bits per heavy atom. The molecule has 9 heteroatoms. The van der Waals surface area contributed by atoms with Crippen molar-refractivity contribution in [2.45, 2.75) is 27.3 Å². The molecule has 150 valence electrons. The molecule has 0 aliphatic heterocycles. The van der Waals surface area contributed by atoms with Crippen LogP contribution >= 0.6 is 24.0 Å². The van der Waals surface area contributed by atoms with Crippen molar-refractivity contribution < 1.29 is 13.2 Å². The van der Waals surface area contributed by atoms with Crippen LogP contribution in [0.15, 0.2) is 29.3 Å². The Morgan fingerprint density at radius 3 is 2.38 bits per heavy atom. The summed E-state index contributed by atoms with van der Waals surface area (Å²) in [5.41, 5.74) is 0.970. The highest BCUT2D eigenvalue weighted by molar-refractivity contribution is 14.0. The molecule has 0 bridgehead atoms. The summed E-state index contributed by atoms with van der Waals surface area (Å²) in [6.07, 6.45) is 0. The van der Waals surface area contributed by atoms with Gasteiger partial charge in [0.2, 0.25) is 10.0 Å². The summed E-state index contributed by atoms with van der Waals surface area (Å²) < 4.78 is 31.2. The maximum Gasteiger partial charge on any atom is 0.215 e. The topological polar surface area (TPSA) is 83.0 Å². The number of rotatable bonds is 10. The molecule has 0 spiro atoms. The van der Waals surface area contributed by atoms with E-state index in [-0.39, 0.29) is 29.7 Å². The van der Waals surface area contributed by atoms with Crippen LogP contribution in [0.25, 0.3) is 0 Å². The van der Waals surface area contributed by atoms with Crippen molar-refractivity contribution in [2.24, 2.45) is 4.99 Å². The minimum atomic E-state index is -3.24. The molecule has 0 amide bonds. The molecule has 0 aliphatic carbocycles. The third-order valence-corrected chi connectivity index (χ3v) is 5.72. The molecule has 0 aliphatic rings. The van der Waals surface area contributed by atoms with E-state index in [1.54, 1.807) is 7.11 Å². The third-order valence-electron chi connectivity index (χ3n) is 3.70. The smallest absolute Gasteiger partial charge is 0.215 e. The fourth-order valence-electron chi connectivity index (χ4n) is 2.38. The molecule has 0 radical (unpaired) electrons. The summed E-state index contributed by atoms with van der Waals surface area (Å²) in [6, 6.07) is 7.69. The predicted octanol–water partition coefficient (Wildman–Crippen LogP) is 2.04. The Morgan fingerprint density at radius 2 is 1.81 bits per heavy atom. The zero-order chi connectivity index (χ0) is 18.7. The Bertz CT molecular complexity index is 649. The van der Waals surface area contributed by atoms with E-state index in [0.29, 0.717) is 38.7 Å². The van der Waals surface area contributed by atoms with Crippen molar-refractivity contribution in [3.8, 4) is 5.75 Å². The van der Waals surface area contributed by atoms with E-state index < -0.39 is 10.0 Å². The van der Waals surface area contributed by atoms with E-state index >= 15 is 0 Å². The molecule has 0 unspecified atom stereocenters. The first-order chi connectivity index (χ1) is 12.0. The lowest BCUT2D eigenvalue weighted by Crippen LogP contribution is -2.42. The van der Waals surface area contributed by atoms with Crippen molar-refractivity contribution >= 4 is 40.0 Å². The van der Waals surface area contributed by atoms with Crippen LogP contribution in [0.3, 0.4) is 0 Å². The minimum absolute atomic E-state index is 0. The van der Waals surface area contributed by atoms with E-state index in [0.717, 1.165) is 11.3 Å². The second kappa shape index (κ2) is 13.2. The predicted molar refractivity (Wildman–Crippen MR) is 118 cm³/mol. The number of nitrogens with zero attached hydrogens (tertiary/aromatic N) is 2. The van der Waals surface area contributed by atoms with Gasteiger partial charge in [-0.3, -0.25) is 0 Å². The first kappa shape index (κ1) is 24.9. The lowest BCUT2D eigenvalue weighted by molar-refractivity contribution is 0.410. The summed E-state index contributed by atoms with van der Waals surface area (Å²) in [6.45, 7) is 8.06. The van der Waals surface area contributed by atoms with Crippen LogP contribution in [-0.4, -0.2) is 57.7 Å². The molecule has 26 heavy (non-hydrogen) atoms. The fourth-order valence-corrected chi connectivity index (χ4v) is 3.79. The van der Waals surface area contributed by atoms with Crippen LogP contribution in [0, 0.1) is 0 Å². The summed E-state index contributed by atoms with van der Waals surface area (Å²) in [7, 11) is -1.61. The van der Waals surface area contributed by atoms with Gasteiger partial charge in [0.05, 0.1) is 19.4 Å². The summed E-state index contributed by atoms with van der Waals surface area (Å²) in [5.74, 6) is 1.41. The lowest BCUT2D eigenvalue weighted by atomic mass is 10.2. The number of hydrogen-bond donors (Lipinski definition) is 2. The summed E-state index contributed by atoms with van der Waals surface area (Å²) in [4.78, 5) is 4.50. The number of sulfonamides is 1. The van der Waals surface area contributed by atoms with Gasteiger partial charge in [0, 0.05) is 31.7 Å². The van der Waals surface area contributed by atoms with Gasteiger partial charge in [-0.05, 0) is 13.0 Å². The van der Waals surface area contributed by atoms with Gasteiger partial charge in [-0.25, -0.2) is 17.7 Å². The number of halogens is 1. The van der Waals surface area contributed by atoms with Crippen LogP contribution in [0.5, 0.6) is 5.75 Å². The number of aliphatic imine (C=N–C) groups is 1. The van der Waals surface area contributed by atoms with Gasteiger partial charge in [-0.2, -0.15) is 0 Å². The Kier molecular flexibility index (Phi) is 12.6. The monoisotopic (exact) mass is 498 g/mol. The first-order valence-corrected chi connectivity index (χ1v) is 10.2. The van der Waals surface area contributed by atoms with Crippen LogP contribution in [0.2, 0.25) is 0 Å². The lowest BCUT2D eigenvalue weighted by Gasteiger charge is -2.19. The second-order valence-electron chi connectivity index (χ2n) is 5.33. The normalized spacial score (nSPS) is 11.8. The number of guanidine groups is 1. The van der Waals surface area contributed by atoms with Crippen LogP contribution in [0.4, 0.5) is 0 Å². The van der Waals surface area contributed by atoms with Gasteiger partial charge in [-0.15, -0.1) is 24.0 Å². The van der Waals surface area contributed by atoms with Crippen molar-refractivity contribution in [2.75, 3.05) is 39.0 Å². The Balaban J connectivity index is 0.00000625. The number of methoxy groups -OCH3 is 1. The molecule has 0 aromatic heterocycles. The van der Waals surface area contributed by atoms with Gasteiger partial charge in [0.25, 0.3) is 0 Å². The van der Waals surface area contributed by atoms with E-state index in [2.05, 4.69) is 15.6 Å². The minimum Gasteiger partial charge on any atom is -0.496 e.